The zero-order chi connectivity index (χ0) is 18.3. The van der Waals surface area contributed by atoms with E-state index in [1.54, 1.807) is 6.08 Å². The first kappa shape index (κ1) is 20.1. The quantitative estimate of drug-likeness (QED) is 0.585. The van der Waals surface area contributed by atoms with Gasteiger partial charge in [-0.05, 0) is 35.1 Å². The van der Waals surface area contributed by atoms with E-state index in [2.05, 4.69) is 5.32 Å². The van der Waals surface area contributed by atoms with Crippen molar-refractivity contribution in [3.05, 3.63) is 46.2 Å². The summed E-state index contributed by atoms with van der Waals surface area (Å²) < 4.78 is 11.4. The van der Waals surface area contributed by atoms with Crippen LogP contribution in [0, 0.1) is 23.1 Å². The van der Waals surface area contributed by atoms with E-state index in [0.717, 1.165) is 0 Å². The largest absolute Gasteiger partial charge is 0.345 e. The molecule has 0 aliphatic heterocycles. The molecule has 1 aromatic carbocycles. The first-order valence-electron chi connectivity index (χ1n) is 7.10. The number of hydrogen-bond donors (Lipinski definition) is 1. The first-order chi connectivity index (χ1) is 10.9. The Morgan fingerprint density at radius 1 is 1.25 bits per heavy atom. The predicted molar refractivity (Wildman–Crippen MR) is 98.1 cm³/mol. The summed E-state index contributed by atoms with van der Waals surface area (Å²) in [6, 6.07) is 4.50. The van der Waals surface area contributed by atoms with Gasteiger partial charge < -0.3 is 5.32 Å². The number of carbonyl (C=O) groups is 1. The third-order valence-electron chi connectivity index (χ3n) is 4.32. The number of allylic oxidation sites excluding steroid dienone is 1. The van der Waals surface area contributed by atoms with Gasteiger partial charge in [0.1, 0.15) is 16.4 Å². The zero-order valence-electron chi connectivity index (χ0n) is 12.8. The minimum atomic E-state index is -1.79. The summed E-state index contributed by atoms with van der Waals surface area (Å²) in [5.74, 6) is -1.15. The van der Waals surface area contributed by atoms with Crippen molar-refractivity contribution in [3.8, 4) is 0 Å². The fourth-order valence-electron chi connectivity index (χ4n) is 2.87. The van der Waals surface area contributed by atoms with E-state index in [1.165, 1.54) is 24.3 Å². The Kier molecular flexibility index (Phi) is 6.04. The van der Waals surface area contributed by atoms with Gasteiger partial charge in [-0.2, -0.15) is 0 Å². The SMILES string of the molecule is CC1(C)[C@H](C(=O)N[C@@H](c2ccc(F)cc2)C(Cl)(Cl)Cl)[C@@H]1C=C(Cl)Cl. The molecule has 0 radical (unpaired) electrons. The topological polar surface area (TPSA) is 29.1 Å². The number of hydrogen-bond acceptors (Lipinski definition) is 1. The molecule has 1 N–H and O–H groups in total. The van der Waals surface area contributed by atoms with Gasteiger partial charge in [-0.3, -0.25) is 4.79 Å². The van der Waals surface area contributed by atoms with Crippen LogP contribution in [0.1, 0.15) is 25.5 Å². The van der Waals surface area contributed by atoms with Gasteiger partial charge >= 0.3 is 0 Å². The van der Waals surface area contributed by atoms with Gasteiger partial charge in [0.25, 0.3) is 0 Å². The van der Waals surface area contributed by atoms with Crippen molar-refractivity contribution in [2.24, 2.45) is 17.3 Å². The van der Waals surface area contributed by atoms with E-state index in [0.29, 0.717) is 5.56 Å². The molecular weight excluding hydrogens is 418 g/mol. The van der Waals surface area contributed by atoms with Crippen molar-refractivity contribution in [1.82, 2.24) is 5.32 Å². The van der Waals surface area contributed by atoms with Crippen molar-refractivity contribution >= 4 is 63.9 Å². The lowest BCUT2D eigenvalue weighted by Crippen LogP contribution is -2.38. The van der Waals surface area contributed by atoms with Crippen LogP contribution < -0.4 is 5.32 Å². The number of benzene rings is 1. The van der Waals surface area contributed by atoms with E-state index in [9.17, 15) is 9.18 Å². The Bertz CT molecular complexity index is 649. The maximum absolute atomic E-state index is 13.1. The van der Waals surface area contributed by atoms with Crippen LogP contribution in [0.15, 0.2) is 34.8 Å². The smallest absolute Gasteiger partial charge is 0.224 e. The molecule has 1 saturated carbocycles. The van der Waals surface area contributed by atoms with Crippen molar-refractivity contribution in [1.29, 1.82) is 0 Å². The lowest BCUT2D eigenvalue weighted by Gasteiger charge is -2.26. The van der Waals surface area contributed by atoms with Crippen LogP contribution in [-0.4, -0.2) is 9.70 Å². The lowest BCUT2D eigenvalue weighted by atomic mass is 10.1. The van der Waals surface area contributed by atoms with Crippen molar-refractivity contribution in [2.75, 3.05) is 0 Å². The highest BCUT2D eigenvalue weighted by molar-refractivity contribution is 6.68. The second kappa shape index (κ2) is 7.20. The van der Waals surface area contributed by atoms with Gasteiger partial charge in [0.15, 0.2) is 0 Å². The summed E-state index contributed by atoms with van der Waals surface area (Å²) in [6.45, 7) is 3.86. The Morgan fingerprint density at radius 3 is 2.25 bits per heavy atom. The van der Waals surface area contributed by atoms with Crippen LogP contribution in [0.5, 0.6) is 0 Å². The fourth-order valence-corrected chi connectivity index (χ4v) is 3.68. The summed E-state index contributed by atoms with van der Waals surface area (Å²) in [5, 5.41) is 2.74. The molecule has 0 spiro atoms. The molecule has 3 atom stereocenters. The average Bonchev–Trinajstić information content (AvgIpc) is 2.96. The highest BCUT2D eigenvalue weighted by Crippen LogP contribution is 2.60. The van der Waals surface area contributed by atoms with Crippen LogP contribution in [0.3, 0.4) is 0 Å². The number of halogens is 6. The number of amides is 1. The molecule has 0 aromatic heterocycles. The molecule has 1 aliphatic rings. The molecule has 0 heterocycles. The molecule has 2 nitrogen and oxygen atoms in total. The van der Waals surface area contributed by atoms with Crippen LogP contribution in [-0.2, 0) is 4.79 Å². The molecule has 1 aliphatic carbocycles. The second-order valence-corrected chi connectivity index (χ2v) is 9.69. The predicted octanol–water partition coefficient (Wildman–Crippen LogP) is 5.94. The molecule has 1 fully saturated rings. The standard InChI is InChI=1S/C16H15Cl5FNO/c1-15(2)10(7-11(17)18)12(15)14(24)23-13(16(19,20)21)8-3-5-9(22)6-4-8/h3-7,10,12-13H,1-2H3,(H,23,24)/t10-,12-,13-/m0/s1. The maximum atomic E-state index is 13.1. The molecule has 1 aromatic rings. The van der Waals surface area contributed by atoms with E-state index in [1.807, 2.05) is 13.8 Å². The van der Waals surface area contributed by atoms with E-state index in [4.69, 9.17) is 58.0 Å². The molecule has 0 unspecified atom stereocenters. The summed E-state index contributed by atoms with van der Waals surface area (Å²) in [7, 11) is 0. The van der Waals surface area contributed by atoms with E-state index >= 15 is 0 Å². The van der Waals surface area contributed by atoms with Gasteiger partial charge in [0.05, 0.1) is 5.92 Å². The molecule has 0 saturated heterocycles. The van der Waals surface area contributed by atoms with Gasteiger partial charge in [-0.25, -0.2) is 4.39 Å². The molecular formula is C16H15Cl5FNO. The fraction of sp³-hybridized carbons (Fsp3) is 0.438. The summed E-state index contributed by atoms with van der Waals surface area (Å²) in [6.07, 6.45) is 1.63. The highest BCUT2D eigenvalue weighted by atomic mass is 35.6. The Balaban J connectivity index is 2.21. The monoisotopic (exact) mass is 431 g/mol. The molecule has 8 heteroatoms. The van der Waals surface area contributed by atoms with Crippen LogP contribution >= 0.6 is 58.0 Å². The average molecular weight is 434 g/mol. The molecule has 1 amide bonds. The van der Waals surface area contributed by atoms with Gasteiger partial charge in [-0.15, -0.1) is 0 Å². The van der Waals surface area contributed by atoms with E-state index < -0.39 is 15.7 Å². The minimum Gasteiger partial charge on any atom is -0.345 e. The zero-order valence-corrected chi connectivity index (χ0v) is 16.6. The van der Waals surface area contributed by atoms with E-state index in [-0.39, 0.29) is 27.6 Å². The maximum Gasteiger partial charge on any atom is 0.224 e. The Morgan fingerprint density at radius 2 is 1.79 bits per heavy atom. The third-order valence-corrected chi connectivity index (χ3v) is 5.22. The number of nitrogens with one attached hydrogen (secondary N) is 1. The number of carbonyl (C=O) groups excluding carboxylic acids is 1. The summed E-state index contributed by atoms with van der Waals surface area (Å²) >= 11 is 29.4. The van der Waals surface area contributed by atoms with Crippen LogP contribution in [0.4, 0.5) is 4.39 Å². The summed E-state index contributed by atoms with van der Waals surface area (Å²) in [4.78, 5) is 12.6. The Hall–Kier alpha value is -0.190. The second-order valence-electron chi connectivity index (χ2n) is 6.32. The Labute approximate surface area is 165 Å². The first-order valence-corrected chi connectivity index (χ1v) is 8.99. The van der Waals surface area contributed by atoms with Crippen molar-refractivity contribution in [3.63, 3.8) is 0 Å². The summed E-state index contributed by atoms with van der Waals surface area (Å²) in [5.41, 5.74) is 0.186. The molecule has 24 heavy (non-hydrogen) atoms. The third kappa shape index (κ3) is 4.50. The van der Waals surface area contributed by atoms with Gasteiger partial charge in [0, 0.05) is 0 Å². The highest BCUT2D eigenvalue weighted by Gasteiger charge is 2.61. The van der Waals surface area contributed by atoms with Gasteiger partial charge in [0.2, 0.25) is 9.70 Å². The van der Waals surface area contributed by atoms with Gasteiger partial charge in [-0.1, -0.05) is 84.0 Å². The molecule has 0 bridgehead atoms. The number of rotatable bonds is 4. The van der Waals surface area contributed by atoms with Crippen molar-refractivity contribution < 1.29 is 9.18 Å². The van der Waals surface area contributed by atoms with Crippen LogP contribution in [0.2, 0.25) is 0 Å². The number of alkyl halides is 3. The van der Waals surface area contributed by atoms with Crippen molar-refractivity contribution in [2.45, 2.75) is 23.7 Å². The molecule has 132 valence electrons. The molecule has 2 rings (SSSR count). The minimum absolute atomic E-state index is 0.105. The lowest BCUT2D eigenvalue weighted by molar-refractivity contribution is -0.123. The van der Waals surface area contributed by atoms with Crippen LogP contribution in [0.25, 0.3) is 0 Å². The normalized spacial score (nSPS) is 23.3.